The van der Waals surface area contributed by atoms with Crippen molar-refractivity contribution >= 4 is 5.91 Å². The number of rotatable bonds is 7. The van der Waals surface area contributed by atoms with Crippen LogP contribution in [0.4, 0.5) is 0 Å². The second-order valence-corrected chi connectivity index (χ2v) is 7.07. The van der Waals surface area contributed by atoms with Crippen molar-refractivity contribution in [2.75, 3.05) is 39.3 Å². The molecule has 138 valence electrons. The predicted octanol–water partition coefficient (Wildman–Crippen LogP) is 1.73. The zero-order chi connectivity index (χ0) is 18.2. The van der Waals surface area contributed by atoms with E-state index in [0.717, 1.165) is 38.3 Å². The first kappa shape index (κ1) is 18.5. The summed E-state index contributed by atoms with van der Waals surface area (Å²) in [4.78, 5) is 15.9. The molecule has 2 aromatic rings. The minimum Gasteiger partial charge on any atom is -0.484 e. The third kappa shape index (κ3) is 5.60. The Morgan fingerprint density at radius 2 is 1.73 bits per heavy atom. The summed E-state index contributed by atoms with van der Waals surface area (Å²) in [5.41, 5.74) is 2.60. The van der Waals surface area contributed by atoms with Gasteiger partial charge < -0.3 is 14.5 Å². The molecule has 0 spiro atoms. The average molecular weight is 353 g/mol. The van der Waals surface area contributed by atoms with E-state index in [4.69, 9.17) is 4.74 Å². The summed E-state index contributed by atoms with van der Waals surface area (Å²) in [6.07, 6.45) is 2.33. The molecule has 1 aliphatic heterocycles. The standard InChI is InChI=1S/C22H28N2O2/c1-19-9-11-21(12-10-19)26-18-22(25)24-16-14-23(15-17-24)13-5-8-20-6-3-2-4-7-20/h2-4,6-7,9-12H,5,8,13-18H2,1H3/p+1. The number of carbonyl (C=O) groups is 1. The molecule has 1 amide bonds. The molecule has 0 aromatic heterocycles. The Labute approximate surface area is 156 Å². The third-order valence-electron chi connectivity index (χ3n) is 5.05. The highest BCUT2D eigenvalue weighted by atomic mass is 16.5. The van der Waals surface area contributed by atoms with Gasteiger partial charge in [-0.2, -0.15) is 0 Å². The third-order valence-corrected chi connectivity index (χ3v) is 5.05. The van der Waals surface area contributed by atoms with E-state index >= 15 is 0 Å². The summed E-state index contributed by atoms with van der Waals surface area (Å²) < 4.78 is 5.62. The largest absolute Gasteiger partial charge is 0.484 e. The molecule has 4 heteroatoms. The van der Waals surface area contributed by atoms with Crippen LogP contribution in [-0.4, -0.2) is 50.1 Å². The van der Waals surface area contributed by atoms with Crippen LogP contribution in [-0.2, 0) is 11.2 Å². The quantitative estimate of drug-likeness (QED) is 0.823. The minimum absolute atomic E-state index is 0.0916. The predicted molar refractivity (Wildman–Crippen MR) is 104 cm³/mol. The number of benzene rings is 2. The number of nitrogens with zero attached hydrogens (tertiary/aromatic N) is 1. The van der Waals surface area contributed by atoms with Gasteiger partial charge in [-0.05, 0) is 31.0 Å². The van der Waals surface area contributed by atoms with Crippen LogP contribution in [0.15, 0.2) is 54.6 Å². The van der Waals surface area contributed by atoms with Crippen molar-refractivity contribution in [1.82, 2.24) is 4.90 Å². The van der Waals surface area contributed by atoms with E-state index in [1.54, 1.807) is 4.90 Å². The number of aryl methyl sites for hydroxylation is 2. The van der Waals surface area contributed by atoms with Crippen LogP contribution in [0.2, 0.25) is 0 Å². The second-order valence-electron chi connectivity index (χ2n) is 7.07. The highest BCUT2D eigenvalue weighted by Gasteiger charge is 2.23. The van der Waals surface area contributed by atoms with E-state index < -0.39 is 0 Å². The summed E-state index contributed by atoms with van der Waals surface area (Å²) in [6.45, 7) is 7.07. The molecule has 0 radical (unpaired) electrons. The number of amides is 1. The first-order chi connectivity index (χ1) is 12.7. The first-order valence-electron chi connectivity index (χ1n) is 9.55. The second kappa shape index (κ2) is 9.39. The molecule has 0 bridgehead atoms. The van der Waals surface area contributed by atoms with Gasteiger partial charge in [-0.25, -0.2) is 0 Å². The van der Waals surface area contributed by atoms with Crippen molar-refractivity contribution in [2.45, 2.75) is 19.8 Å². The molecule has 0 saturated carbocycles. The zero-order valence-corrected chi connectivity index (χ0v) is 15.6. The fraction of sp³-hybridized carbons (Fsp3) is 0.409. The van der Waals surface area contributed by atoms with Crippen molar-refractivity contribution in [3.63, 3.8) is 0 Å². The van der Waals surface area contributed by atoms with Gasteiger partial charge in [0.2, 0.25) is 0 Å². The van der Waals surface area contributed by atoms with Gasteiger partial charge >= 0.3 is 0 Å². The number of nitrogens with one attached hydrogen (secondary N) is 1. The monoisotopic (exact) mass is 353 g/mol. The van der Waals surface area contributed by atoms with Crippen LogP contribution in [0.5, 0.6) is 5.75 Å². The molecule has 0 atom stereocenters. The maximum Gasteiger partial charge on any atom is 0.260 e. The van der Waals surface area contributed by atoms with Gasteiger partial charge in [0, 0.05) is 6.42 Å². The van der Waals surface area contributed by atoms with E-state index in [1.165, 1.54) is 24.1 Å². The topological polar surface area (TPSA) is 34.0 Å². The Morgan fingerprint density at radius 3 is 2.42 bits per heavy atom. The molecular formula is C22H29N2O2+. The van der Waals surface area contributed by atoms with Gasteiger partial charge in [0.15, 0.2) is 6.61 Å². The van der Waals surface area contributed by atoms with Crippen molar-refractivity contribution in [1.29, 1.82) is 0 Å². The lowest BCUT2D eigenvalue weighted by Crippen LogP contribution is -3.14. The van der Waals surface area contributed by atoms with E-state index in [2.05, 4.69) is 30.3 Å². The smallest absolute Gasteiger partial charge is 0.260 e. The molecule has 0 aliphatic carbocycles. The van der Waals surface area contributed by atoms with Crippen LogP contribution in [0.25, 0.3) is 0 Å². The number of carbonyl (C=O) groups excluding carboxylic acids is 1. The molecule has 1 saturated heterocycles. The Kier molecular flexibility index (Phi) is 6.67. The highest BCUT2D eigenvalue weighted by molar-refractivity contribution is 5.77. The van der Waals surface area contributed by atoms with Gasteiger partial charge in [0.1, 0.15) is 5.75 Å². The molecule has 3 rings (SSSR count). The Hall–Kier alpha value is -2.33. The Bertz CT molecular complexity index is 677. The van der Waals surface area contributed by atoms with Gasteiger partial charge in [0.25, 0.3) is 5.91 Å². The highest BCUT2D eigenvalue weighted by Crippen LogP contribution is 2.11. The molecule has 1 N–H and O–H groups in total. The lowest BCUT2D eigenvalue weighted by Gasteiger charge is -2.32. The minimum atomic E-state index is 0.0916. The summed E-state index contributed by atoms with van der Waals surface area (Å²) in [5.74, 6) is 0.850. The summed E-state index contributed by atoms with van der Waals surface area (Å²) in [6, 6.07) is 18.5. The van der Waals surface area contributed by atoms with Gasteiger partial charge in [0.05, 0.1) is 32.7 Å². The van der Waals surface area contributed by atoms with E-state index in [-0.39, 0.29) is 12.5 Å². The SMILES string of the molecule is Cc1ccc(OCC(=O)N2CC[NH+](CCCc3ccccc3)CC2)cc1. The normalized spacial score (nSPS) is 15.0. The summed E-state index contributed by atoms with van der Waals surface area (Å²) in [5, 5.41) is 0. The fourth-order valence-corrected chi connectivity index (χ4v) is 3.38. The molecular weight excluding hydrogens is 324 g/mol. The Balaban J connectivity index is 1.33. The van der Waals surface area contributed by atoms with Gasteiger partial charge in [-0.1, -0.05) is 48.0 Å². The van der Waals surface area contributed by atoms with E-state index in [1.807, 2.05) is 36.1 Å². The van der Waals surface area contributed by atoms with Gasteiger partial charge in [-0.15, -0.1) is 0 Å². The van der Waals surface area contributed by atoms with Crippen LogP contribution >= 0.6 is 0 Å². The Morgan fingerprint density at radius 1 is 1.04 bits per heavy atom. The maximum absolute atomic E-state index is 12.3. The molecule has 1 aliphatic rings. The van der Waals surface area contributed by atoms with Crippen LogP contribution in [0.3, 0.4) is 0 Å². The molecule has 1 heterocycles. The zero-order valence-electron chi connectivity index (χ0n) is 15.6. The van der Waals surface area contributed by atoms with Crippen LogP contribution in [0.1, 0.15) is 17.5 Å². The van der Waals surface area contributed by atoms with Crippen molar-refractivity contribution in [3.8, 4) is 5.75 Å². The molecule has 1 fully saturated rings. The van der Waals surface area contributed by atoms with Crippen molar-refractivity contribution < 1.29 is 14.4 Å². The molecule has 2 aromatic carbocycles. The molecule has 26 heavy (non-hydrogen) atoms. The number of hydrogen-bond donors (Lipinski definition) is 1. The fourth-order valence-electron chi connectivity index (χ4n) is 3.38. The van der Waals surface area contributed by atoms with Crippen LogP contribution in [0, 0.1) is 6.92 Å². The average Bonchev–Trinajstić information content (AvgIpc) is 2.69. The number of hydrogen-bond acceptors (Lipinski definition) is 2. The molecule has 4 nitrogen and oxygen atoms in total. The number of quaternary nitrogens is 1. The summed E-state index contributed by atoms with van der Waals surface area (Å²) in [7, 11) is 0. The maximum atomic E-state index is 12.3. The summed E-state index contributed by atoms with van der Waals surface area (Å²) >= 11 is 0. The van der Waals surface area contributed by atoms with E-state index in [9.17, 15) is 4.79 Å². The number of ether oxygens (including phenoxy) is 1. The van der Waals surface area contributed by atoms with Crippen molar-refractivity contribution in [2.24, 2.45) is 0 Å². The van der Waals surface area contributed by atoms with E-state index in [0.29, 0.717) is 0 Å². The molecule has 0 unspecified atom stereocenters. The van der Waals surface area contributed by atoms with Crippen molar-refractivity contribution in [3.05, 3.63) is 65.7 Å². The van der Waals surface area contributed by atoms with Gasteiger partial charge in [-0.3, -0.25) is 4.79 Å². The first-order valence-corrected chi connectivity index (χ1v) is 9.55. The lowest BCUT2D eigenvalue weighted by molar-refractivity contribution is -0.904. The lowest BCUT2D eigenvalue weighted by atomic mass is 10.1. The number of piperazine rings is 1. The van der Waals surface area contributed by atoms with Crippen LogP contribution < -0.4 is 9.64 Å².